The average Bonchev–Trinajstić information content (AvgIpc) is 2.78. The van der Waals surface area contributed by atoms with Crippen molar-refractivity contribution in [2.24, 2.45) is 0 Å². The van der Waals surface area contributed by atoms with Crippen molar-refractivity contribution in [2.45, 2.75) is 18.7 Å². The third-order valence-corrected chi connectivity index (χ3v) is 6.78. The number of thiophene rings is 1. The fraction of sp³-hybridized carbons (Fsp3) is 0.643. The van der Waals surface area contributed by atoms with E-state index in [9.17, 15) is 13.2 Å². The Kier molecular flexibility index (Phi) is 5.26. The second-order valence-electron chi connectivity index (χ2n) is 5.80. The van der Waals surface area contributed by atoms with Crippen molar-refractivity contribution in [2.75, 3.05) is 46.8 Å². The van der Waals surface area contributed by atoms with Gasteiger partial charge in [0.25, 0.3) is 0 Å². The molecule has 0 aromatic carbocycles. The van der Waals surface area contributed by atoms with Gasteiger partial charge in [0, 0.05) is 35.9 Å². The summed E-state index contributed by atoms with van der Waals surface area (Å²) in [5.74, 6) is 0.0459. The van der Waals surface area contributed by atoms with Crippen LogP contribution in [0.3, 0.4) is 0 Å². The molecule has 1 aliphatic heterocycles. The smallest absolute Gasteiger partial charge is 0.244 e. The van der Waals surface area contributed by atoms with Crippen LogP contribution in [0.1, 0.15) is 9.75 Å². The fourth-order valence-corrected chi connectivity index (χ4v) is 5.50. The van der Waals surface area contributed by atoms with Crippen molar-refractivity contribution in [3.05, 3.63) is 15.8 Å². The van der Waals surface area contributed by atoms with Gasteiger partial charge in [0.1, 0.15) is 0 Å². The molecule has 1 amide bonds. The zero-order valence-electron chi connectivity index (χ0n) is 13.5. The van der Waals surface area contributed by atoms with E-state index in [1.165, 1.54) is 15.6 Å². The summed E-state index contributed by atoms with van der Waals surface area (Å²) in [5, 5.41) is 0. The molecule has 2 heterocycles. The van der Waals surface area contributed by atoms with Crippen molar-refractivity contribution < 1.29 is 13.2 Å². The van der Waals surface area contributed by atoms with Crippen molar-refractivity contribution in [3.63, 3.8) is 0 Å². The van der Waals surface area contributed by atoms with E-state index in [1.54, 1.807) is 11.0 Å². The van der Waals surface area contributed by atoms with Crippen molar-refractivity contribution in [3.8, 4) is 0 Å². The molecule has 124 valence electrons. The highest BCUT2D eigenvalue weighted by molar-refractivity contribution is 7.89. The van der Waals surface area contributed by atoms with Gasteiger partial charge in [-0.25, -0.2) is 8.42 Å². The van der Waals surface area contributed by atoms with E-state index in [4.69, 9.17) is 0 Å². The second-order valence-corrected chi connectivity index (χ2v) is 9.17. The summed E-state index contributed by atoms with van der Waals surface area (Å²) in [6, 6.07) is 1.74. The topological polar surface area (TPSA) is 60.9 Å². The maximum atomic E-state index is 12.7. The predicted octanol–water partition coefficient (Wildman–Crippen LogP) is 0.759. The average molecular weight is 345 g/mol. The highest BCUT2D eigenvalue weighted by Crippen LogP contribution is 2.28. The molecule has 6 nitrogen and oxygen atoms in total. The molecule has 0 aliphatic carbocycles. The highest BCUT2D eigenvalue weighted by atomic mass is 32.2. The van der Waals surface area contributed by atoms with Crippen LogP contribution < -0.4 is 0 Å². The van der Waals surface area contributed by atoms with Crippen LogP contribution in [0.2, 0.25) is 0 Å². The molecule has 8 heteroatoms. The summed E-state index contributed by atoms with van der Waals surface area (Å²) < 4.78 is 26.9. The Bertz CT molecular complexity index is 644. The van der Waals surface area contributed by atoms with Gasteiger partial charge in [-0.2, -0.15) is 4.31 Å². The second kappa shape index (κ2) is 6.66. The van der Waals surface area contributed by atoms with Crippen molar-refractivity contribution in [1.82, 2.24) is 14.1 Å². The van der Waals surface area contributed by atoms with E-state index < -0.39 is 10.0 Å². The van der Waals surface area contributed by atoms with E-state index >= 15 is 0 Å². The standard InChI is InChI=1S/C14H23N3O3S2/c1-11-9-13(12(2)21-11)22(19,20)17-7-5-16(6-8-17)14(18)10-15(3)4/h9H,5-8,10H2,1-4H3. The molecule has 1 aliphatic rings. The van der Waals surface area contributed by atoms with Crippen LogP contribution in [0.25, 0.3) is 0 Å². The molecule has 1 fully saturated rings. The van der Waals surface area contributed by atoms with E-state index in [0.29, 0.717) is 37.6 Å². The van der Waals surface area contributed by atoms with E-state index in [-0.39, 0.29) is 5.91 Å². The van der Waals surface area contributed by atoms with Crippen LogP contribution in [0, 0.1) is 13.8 Å². The number of carbonyl (C=O) groups is 1. The van der Waals surface area contributed by atoms with Crippen LogP contribution in [-0.2, 0) is 14.8 Å². The molecule has 1 aromatic rings. The third-order valence-electron chi connectivity index (χ3n) is 3.66. The first-order valence-corrected chi connectivity index (χ1v) is 9.47. The van der Waals surface area contributed by atoms with Crippen LogP contribution in [-0.4, -0.2) is 75.2 Å². The van der Waals surface area contributed by atoms with Gasteiger partial charge >= 0.3 is 0 Å². The summed E-state index contributed by atoms with van der Waals surface area (Å²) in [6.45, 7) is 5.72. The lowest BCUT2D eigenvalue weighted by atomic mass is 10.3. The largest absolute Gasteiger partial charge is 0.339 e. The monoisotopic (exact) mass is 345 g/mol. The molecule has 22 heavy (non-hydrogen) atoms. The Labute approximate surface area is 136 Å². The van der Waals surface area contributed by atoms with Gasteiger partial charge in [-0.3, -0.25) is 4.79 Å². The zero-order valence-corrected chi connectivity index (χ0v) is 15.1. The minimum atomic E-state index is -3.45. The summed E-state index contributed by atoms with van der Waals surface area (Å²) in [6.07, 6.45) is 0. The lowest BCUT2D eigenvalue weighted by Crippen LogP contribution is -2.52. The lowest BCUT2D eigenvalue weighted by Gasteiger charge is -2.34. The number of nitrogens with zero attached hydrogens (tertiary/aromatic N) is 3. The summed E-state index contributed by atoms with van der Waals surface area (Å²) in [5.41, 5.74) is 0. The minimum Gasteiger partial charge on any atom is -0.339 e. The number of rotatable bonds is 4. The first-order valence-electron chi connectivity index (χ1n) is 7.21. The number of hydrogen-bond acceptors (Lipinski definition) is 5. The molecule has 1 aromatic heterocycles. The number of likely N-dealkylation sites (N-methyl/N-ethyl adjacent to an activating group) is 1. The first kappa shape index (κ1) is 17.4. The molecule has 0 atom stereocenters. The summed E-state index contributed by atoms with van der Waals surface area (Å²) >= 11 is 1.50. The van der Waals surface area contributed by atoms with Crippen LogP contribution >= 0.6 is 11.3 Å². The van der Waals surface area contributed by atoms with Gasteiger partial charge in [0.05, 0.1) is 11.4 Å². The summed E-state index contributed by atoms with van der Waals surface area (Å²) in [7, 11) is 0.246. The van der Waals surface area contributed by atoms with Crippen LogP contribution in [0.4, 0.5) is 0 Å². The van der Waals surface area contributed by atoms with Gasteiger partial charge in [-0.1, -0.05) is 0 Å². The molecule has 0 N–H and O–H groups in total. The Morgan fingerprint density at radius 3 is 2.27 bits per heavy atom. The van der Waals surface area contributed by atoms with Gasteiger partial charge in [-0.15, -0.1) is 11.3 Å². The quantitative estimate of drug-likeness (QED) is 0.808. The molecule has 0 saturated carbocycles. The highest BCUT2D eigenvalue weighted by Gasteiger charge is 2.31. The van der Waals surface area contributed by atoms with E-state index in [0.717, 1.165) is 9.75 Å². The van der Waals surface area contributed by atoms with E-state index in [1.807, 2.05) is 32.8 Å². The summed E-state index contributed by atoms with van der Waals surface area (Å²) in [4.78, 5) is 17.8. The molecular weight excluding hydrogens is 322 g/mol. The van der Waals surface area contributed by atoms with Crippen molar-refractivity contribution in [1.29, 1.82) is 0 Å². The van der Waals surface area contributed by atoms with Crippen LogP contribution in [0.5, 0.6) is 0 Å². The molecule has 1 saturated heterocycles. The Hall–Kier alpha value is -0.960. The van der Waals surface area contributed by atoms with Crippen molar-refractivity contribution >= 4 is 27.3 Å². The Balaban J connectivity index is 2.05. The number of carbonyl (C=O) groups excluding carboxylic acids is 1. The Morgan fingerprint density at radius 1 is 1.23 bits per heavy atom. The van der Waals surface area contributed by atoms with Gasteiger partial charge in [0.2, 0.25) is 15.9 Å². The number of sulfonamides is 1. The van der Waals surface area contributed by atoms with E-state index in [2.05, 4.69) is 0 Å². The predicted molar refractivity (Wildman–Crippen MR) is 87.7 cm³/mol. The molecule has 0 spiro atoms. The molecule has 0 radical (unpaired) electrons. The van der Waals surface area contributed by atoms with Gasteiger partial charge < -0.3 is 9.80 Å². The molecule has 0 bridgehead atoms. The first-order chi connectivity index (χ1) is 10.2. The molecule has 2 rings (SSSR count). The number of piperazine rings is 1. The number of hydrogen-bond donors (Lipinski definition) is 0. The molecule has 0 unspecified atom stereocenters. The minimum absolute atomic E-state index is 0.0459. The SMILES string of the molecule is Cc1cc(S(=O)(=O)N2CCN(C(=O)CN(C)C)CC2)c(C)s1. The number of amides is 1. The van der Waals surface area contributed by atoms with Crippen LogP contribution in [0.15, 0.2) is 11.0 Å². The fourth-order valence-electron chi connectivity index (χ4n) is 2.55. The van der Waals surface area contributed by atoms with Gasteiger partial charge in [-0.05, 0) is 34.0 Å². The zero-order chi connectivity index (χ0) is 16.5. The maximum absolute atomic E-state index is 12.7. The number of aryl methyl sites for hydroxylation is 2. The normalized spacial score (nSPS) is 17.2. The Morgan fingerprint density at radius 2 is 1.82 bits per heavy atom. The lowest BCUT2D eigenvalue weighted by molar-refractivity contribution is -0.133. The van der Waals surface area contributed by atoms with Gasteiger partial charge in [0.15, 0.2) is 0 Å². The molecular formula is C14H23N3O3S2. The third kappa shape index (κ3) is 3.68. The maximum Gasteiger partial charge on any atom is 0.244 e.